The number of aromatic nitrogens is 1. The number of piperidine rings is 1. The molecule has 168 valence electrons. The Kier molecular flexibility index (Phi) is 5.04. The Balaban J connectivity index is 1.44. The lowest BCUT2D eigenvalue weighted by atomic mass is 9.82. The first-order valence-corrected chi connectivity index (χ1v) is 12.5. The number of fused-ring (bicyclic) bond motifs is 4. The number of anilines is 1. The van der Waals surface area contributed by atoms with E-state index in [0.717, 1.165) is 5.69 Å². The smallest absolute Gasteiger partial charge is 0.243 e. The summed E-state index contributed by atoms with van der Waals surface area (Å²) in [5.74, 6) is 0.458. The zero-order valence-electron chi connectivity index (χ0n) is 18.4. The first-order valence-electron chi connectivity index (χ1n) is 10.7. The highest BCUT2D eigenvalue weighted by atomic mass is 35.5. The minimum absolute atomic E-state index is 0.190. The average Bonchev–Trinajstić information content (AvgIpc) is 3.28. The summed E-state index contributed by atoms with van der Waals surface area (Å²) in [5.41, 5.74) is 5.65. The zero-order chi connectivity index (χ0) is 22.7. The van der Waals surface area contributed by atoms with Crippen LogP contribution in [0.5, 0.6) is 5.75 Å². The number of aryl methyl sites for hydroxylation is 1. The van der Waals surface area contributed by atoms with Crippen LogP contribution in [-0.4, -0.2) is 37.5 Å². The van der Waals surface area contributed by atoms with Crippen molar-refractivity contribution in [1.29, 1.82) is 0 Å². The van der Waals surface area contributed by atoms with Crippen molar-refractivity contribution in [3.8, 4) is 11.4 Å². The fourth-order valence-corrected chi connectivity index (χ4v) is 6.74. The van der Waals surface area contributed by atoms with Gasteiger partial charge >= 0.3 is 0 Å². The fourth-order valence-electron chi connectivity index (χ4n) is 4.95. The van der Waals surface area contributed by atoms with E-state index in [1.54, 1.807) is 16.4 Å². The van der Waals surface area contributed by atoms with Crippen molar-refractivity contribution < 1.29 is 13.2 Å². The van der Waals surface area contributed by atoms with Crippen molar-refractivity contribution in [2.75, 3.05) is 25.5 Å². The van der Waals surface area contributed by atoms with Crippen LogP contribution in [0, 0.1) is 13.8 Å². The SMILES string of the molecule is COc1ccc(S(=O)(=O)N2CCC3(CC2)Nc2ccc(C)c(C)c2-n2cccc23)cc1Cl. The first kappa shape index (κ1) is 21.4. The Morgan fingerprint density at radius 1 is 1.09 bits per heavy atom. The standard InChI is InChI=1S/C24H26ClN3O3S/c1-16-6-8-20-23(17(16)2)28-12-4-5-22(28)24(26-20)10-13-27(14-11-24)32(29,30)18-7-9-21(31-3)19(25)15-18/h4-9,12,15,26H,10-11,13-14H2,1-3H3. The summed E-state index contributed by atoms with van der Waals surface area (Å²) in [6, 6.07) is 13.1. The molecular formula is C24H26ClN3O3S. The van der Waals surface area contributed by atoms with Gasteiger partial charge in [0.15, 0.2) is 0 Å². The molecule has 1 spiro atoms. The molecule has 6 nitrogen and oxygen atoms in total. The quantitative estimate of drug-likeness (QED) is 0.592. The molecule has 0 unspecified atom stereocenters. The van der Waals surface area contributed by atoms with Crippen LogP contribution in [0.25, 0.3) is 5.69 Å². The molecule has 0 radical (unpaired) electrons. The molecule has 2 aliphatic heterocycles. The van der Waals surface area contributed by atoms with Crippen molar-refractivity contribution in [2.45, 2.75) is 37.1 Å². The molecule has 3 aromatic rings. The molecule has 2 aromatic carbocycles. The van der Waals surface area contributed by atoms with Crippen molar-refractivity contribution in [3.63, 3.8) is 0 Å². The summed E-state index contributed by atoms with van der Waals surface area (Å²) in [5, 5.41) is 4.07. The van der Waals surface area contributed by atoms with Gasteiger partial charge in [-0.25, -0.2) is 8.42 Å². The van der Waals surface area contributed by atoms with Crippen LogP contribution >= 0.6 is 11.6 Å². The van der Waals surface area contributed by atoms with Crippen LogP contribution in [-0.2, 0) is 15.6 Å². The normalized spacial score (nSPS) is 17.5. The third-order valence-electron chi connectivity index (χ3n) is 6.89. The van der Waals surface area contributed by atoms with Crippen molar-refractivity contribution >= 4 is 27.3 Å². The van der Waals surface area contributed by atoms with Crippen LogP contribution in [0.3, 0.4) is 0 Å². The Bertz CT molecular complexity index is 1310. The molecule has 5 rings (SSSR count). The average molecular weight is 472 g/mol. The van der Waals surface area contributed by atoms with E-state index < -0.39 is 10.0 Å². The van der Waals surface area contributed by atoms with Crippen molar-refractivity contribution in [2.24, 2.45) is 0 Å². The minimum Gasteiger partial charge on any atom is -0.495 e. The van der Waals surface area contributed by atoms with E-state index in [1.807, 2.05) is 0 Å². The number of halogens is 1. The highest BCUT2D eigenvalue weighted by molar-refractivity contribution is 7.89. The Hall–Kier alpha value is -2.48. The molecule has 0 atom stereocenters. The van der Waals surface area contributed by atoms with Crippen LogP contribution in [0.15, 0.2) is 53.6 Å². The van der Waals surface area contributed by atoms with Gasteiger partial charge in [0.2, 0.25) is 10.0 Å². The van der Waals surface area contributed by atoms with Crippen LogP contribution in [0.1, 0.15) is 29.7 Å². The molecule has 32 heavy (non-hydrogen) atoms. The van der Waals surface area contributed by atoms with Gasteiger partial charge < -0.3 is 14.6 Å². The number of nitrogens with zero attached hydrogens (tertiary/aromatic N) is 2. The van der Waals surface area contributed by atoms with Gasteiger partial charge in [-0.15, -0.1) is 0 Å². The van der Waals surface area contributed by atoms with Gasteiger partial charge in [-0.2, -0.15) is 4.31 Å². The maximum Gasteiger partial charge on any atom is 0.243 e. The predicted octanol–water partition coefficient (Wildman–Crippen LogP) is 4.86. The first-order chi connectivity index (χ1) is 15.3. The maximum absolute atomic E-state index is 13.3. The van der Waals surface area contributed by atoms with E-state index in [2.05, 4.69) is 54.2 Å². The van der Waals surface area contributed by atoms with Gasteiger partial charge in [-0.3, -0.25) is 0 Å². The summed E-state index contributed by atoms with van der Waals surface area (Å²) >= 11 is 6.19. The number of methoxy groups -OCH3 is 1. The molecule has 1 aromatic heterocycles. The monoisotopic (exact) mass is 471 g/mol. The van der Waals surface area contributed by atoms with E-state index in [9.17, 15) is 8.42 Å². The number of benzene rings is 2. The van der Waals surface area contributed by atoms with E-state index in [4.69, 9.17) is 16.3 Å². The summed E-state index contributed by atoms with van der Waals surface area (Å²) in [4.78, 5) is 0.190. The Morgan fingerprint density at radius 2 is 1.84 bits per heavy atom. The molecule has 0 aliphatic carbocycles. The van der Waals surface area contributed by atoms with E-state index in [0.29, 0.717) is 31.7 Å². The topological polar surface area (TPSA) is 63.6 Å². The number of hydrogen-bond donors (Lipinski definition) is 1. The number of ether oxygens (including phenoxy) is 1. The molecule has 8 heteroatoms. The summed E-state index contributed by atoms with van der Waals surface area (Å²) in [7, 11) is -2.14. The van der Waals surface area contributed by atoms with Crippen LogP contribution in [0.2, 0.25) is 5.02 Å². The van der Waals surface area contributed by atoms with Gasteiger partial charge in [0.05, 0.1) is 33.9 Å². The summed E-state index contributed by atoms with van der Waals surface area (Å²) in [6.07, 6.45) is 3.45. The maximum atomic E-state index is 13.3. The third-order valence-corrected chi connectivity index (χ3v) is 9.08. The van der Waals surface area contributed by atoms with E-state index in [-0.39, 0.29) is 15.5 Å². The molecule has 0 amide bonds. The molecule has 1 N–H and O–H groups in total. The van der Waals surface area contributed by atoms with Crippen LogP contribution in [0.4, 0.5) is 5.69 Å². The fraction of sp³-hybridized carbons (Fsp3) is 0.333. The number of rotatable bonds is 3. The predicted molar refractivity (Wildman–Crippen MR) is 127 cm³/mol. The second-order valence-corrected chi connectivity index (χ2v) is 10.9. The lowest BCUT2D eigenvalue weighted by molar-refractivity contribution is 0.247. The zero-order valence-corrected chi connectivity index (χ0v) is 19.9. The highest BCUT2D eigenvalue weighted by Crippen LogP contribution is 2.45. The van der Waals surface area contributed by atoms with Gasteiger partial charge in [0, 0.05) is 25.0 Å². The molecule has 1 saturated heterocycles. The number of nitrogens with one attached hydrogen (secondary N) is 1. The molecule has 1 fully saturated rings. The largest absolute Gasteiger partial charge is 0.495 e. The highest BCUT2D eigenvalue weighted by Gasteiger charge is 2.44. The third kappa shape index (κ3) is 3.14. The van der Waals surface area contributed by atoms with Crippen molar-refractivity contribution in [1.82, 2.24) is 8.87 Å². The molecule has 3 heterocycles. The number of sulfonamides is 1. The molecular weight excluding hydrogens is 446 g/mol. The van der Waals surface area contributed by atoms with Gasteiger partial charge in [0.1, 0.15) is 5.75 Å². The van der Waals surface area contributed by atoms with Crippen molar-refractivity contribution in [3.05, 3.63) is 70.5 Å². The molecule has 0 saturated carbocycles. The van der Waals surface area contributed by atoms with Crippen LogP contribution < -0.4 is 10.1 Å². The molecule has 2 aliphatic rings. The second-order valence-electron chi connectivity index (χ2n) is 8.57. The summed E-state index contributed by atoms with van der Waals surface area (Å²) in [6.45, 7) is 5.11. The van der Waals surface area contributed by atoms with Gasteiger partial charge in [-0.1, -0.05) is 17.7 Å². The van der Waals surface area contributed by atoms with Gasteiger partial charge in [0.25, 0.3) is 0 Å². The lowest BCUT2D eigenvalue weighted by Crippen LogP contribution is -2.51. The lowest BCUT2D eigenvalue weighted by Gasteiger charge is -2.46. The van der Waals surface area contributed by atoms with E-state index in [1.165, 1.54) is 35.7 Å². The summed E-state index contributed by atoms with van der Waals surface area (Å²) < 4.78 is 35.5. The number of hydrogen-bond acceptors (Lipinski definition) is 4. The second kappa shape index (κ2) is 7.54. The Labute approximate surface area is 193 Å². The minimum atomic E-state index is -3.64. The molecule has 0 bridgehead atoms. The van der Waals surface area contributed by atoms with E-state index >= 15 is 0 Å². The van der Waals surface area contributed by atoms with Gasteiger partial charge in [-0.05, 0) is 74.2 Å². The Morgan fingerprint density at radius 3 is 2.53 bits per heavy atom.